The van der Waals surface area contributed by atoms with Gasteiger partial charge in [0.25, 0.3) is 17.7 Å². The van der Waals surface area contributed by atoms with Crippen molar-refractivity contribution in [1.82, 2.24) is 10.2 Å². The van der Waals surface area contributed by atoms with Crippen LogP contribution in [0.5, 0.6) is 0 Å². The van der Waals surface area contributed by atoms with Gasteiger partial charge in [0.2, 0.25) is 0 Å². The van der Waals surface area contributed by atoms with Gasteiger partial charge in [0.15, 0.2) is 0 Å². The third kappa shape index (κ3) is 1.89. The molecule has 1 N–H and O–H groups in total. The summed E-state index contributed by atoms with van der Waals surface area (Å²) in [5, 5.41) is 2.20. The summed E-state index contributed by atoms with van der Waals surface area (Å²) in [7, 11) is 0. The van der Waals surface area contributed by atoms with E-state index in [2.05, 4.69) is 12.2 Å². The standard InChI is InChI=1S/C16H15N3O4/c1-8-4-5-18-12(6-8)15(22)19(16(18)23)9-2-3-10-11(7-9)14(21)17-13(10)20/h2-3,7-8,12H,4-6H2,1H3,(H,17,20,21)/t8-,12+/m1/s1. The van der Waals surface area contributed by atoms with E-state index in [1.165, 1.54) is 18.2 Å². The molecule has 7 heteroatoms. The molecule has 0 bridgehead atoms. The number of anilines is 1. The number of carbonyl (C=O) groups is 4. The Labute approximate surface area is 132 Å². The maximum atomic E-state index is 12.6. The number of benzene rings is 1. The first kappa shape index (κ1) is 13.9. The number of imide groups is 2. The van der Waals surface area contributed by atoms with Crippen molar-refractivity contribution in [3.8, 4) is 0 Å². The van der Waals surface area contributed by atoms with Gasteiger partial charge >= 0.3 is 6.03 Å². The highest BCUT2D eigenvalue weighted by Crippen LogP contribution is 2.34. The Morgan fingerprint density at radius 1 is 1.09 bits per heavy atom. The predicted molar refractivity (Wildman–Crippen MR) is 80.0 cm³/mol. The normalized spacial score (nSPS) is 26.5. The van der Waals surface area contributed by atoms with Crippen LogP contribution in [0, 0.1) is 5.92 Å². The lowest BCUT2D eigenvalue weighted by molar-refractivity contribution is -0.120. The highest BCUT2D eigenvalue weighted by molar-refractivity contribution is 6.24. The molecule has 2 saturated heterocycles. The average molecular weight is 313 g/mol. The van der Waals surface area contributed by atoms with Crippen LogP contribution in [0.15, 0.2) is 18.2 Å². The molecule has 3 aliphatic heterocycles. The van der Waals surface area contributed by atoms with Gasteiger partial charge in [0, 0.05) is 6.54 Å². The van der Waals surface area contributed by atoms with Gasteiger partial charge in [0.05, 0.1) is 16.8 Å². The fraction of sp³-hybridized carbons (Fsp3) is 0.375. The van der Waals surface area contributed by atoms with E-state index in [0.717, 1.165) is 11.3 Å². The molecule has 0 unspecified atom stereocenters. The molecule has 23 heavy (non-hydrogen) atoms. The number of piperidine rings is 1. The average Bonchev–Trinajstić information content (AvgIpc) is 2.94. The molecule has 118 valence electrons. The molecule has 0 aliphatic carbocycles. The summed E-state index contributed by atoms with van der Waals surface area (Å²) in [6.45, 7) is 2.64. The van der Waals surface area contributed by atoms with E-state index >= 15 is 0 Å². The minimum atomic E-state index is -0.503. The lowest BCUT2D eigenvalue weighted by Crippen LogP contribution is -2.41. The van der Waals surface area contributed by atoms with E-state index in [-0.39, 0.29) is 23.1 Å². The van der Waals surface area contributed by atoms with Gasteiger partial charge in [-0.05, 0) is 37.0 Å². The maximum Gasteiger partial charge on any atom is 0.332 e. The zero-order chi connectivity index (χ0) is 16.3. The third-order valence-corrected chi connectivity index (χ3v) is 4.78. The fourth-order valence-corrected chi connectivity index (χ4v) is 3.51. The molecule has 2 fully saturated rings. The summed E-state index contributed by atoms with van der Waals surface area (Å²) in [6, 6.07) is 3.68. The highest BCUT2D eigenvalue weighted by Gasteiger charge is 2.48. The largest absolute Gasteiger partial charge is 0.332 e. The van der Waals surface area contributed by atoms with Crippen molar-refractivity contribution < 1.29 is 19.2 Å². The van der Waals surface area contributed by atoms with Gasteiger partial charge in [-0.15, -0.1) is 0 Å². The zero-order valence-corrected chi connectivity index (χ0v) is 12.5. The van der Waals surface area contributed by atoms with E-state index in [1.54, 1.807) is 4.90 Å². The molecule has 7 nitrogen and oxygen atoms in total. The van der Waals surface area contributed by atoms with E-state index in [4.69, 9.17) is 0 Å². The topological polar surface area (TPSA) is 86.8 Å². The minimum absolute atomic E-state index is 0.200. The van der Waals surface area contributed by atoms with Crippen LogP contribution in [0.25, 0.3) is 0 Å². The van der Waals surface area contributed by atoms with Crippen LogP contribution in [0.3, 0.4) is 0 Å². The van der Waals surface area contributed by atoms with Crippen LogP contribution >= 0.6 is 0 Å². The summed E-state index contributed by atoms with van der Waals surface area (Å²) in [5.41, 5.74) is 0.807. The number of rotatable bonds is 1. The van der Waals surface area contributed by atoms with Crippen LogP contribution < -0.4 is 10.2 Å². The lowest BCUT2D eigenvalue weighted by atomic mass is 9.93. The van der Waals surface area contributed by atoms with Crippen molar-refractivity contribution in [2.45, 2.75) is 25.8 Å². The van der Waals surface area contributed by atoms with Crippen LogP contribution in [-0.2, 0) is 4.79 Å². The fourth-order valence-electron chi connectivity index (χ4n) is 3.51. The molecule has 4 rings (SSSR count). The molecule has 2 atom stereocenters. The second-order valence-electron chi connectivity index (χ2n) is 6.31. The number of carbonyl (C=O) groups excluding carboxylic acids is 4. The zero-order valence-electron chi connectivity index (χ0n) is 12.5. The smallest absolute Gasteiger partial charge is 0.312 e. The Morgan fingerprint density at radius 3 is 2.61 bits per heavy atom. The van der Waals surface area contributed by atoms with E-state index in [1.807, 2.05) is 0 Å². The van der Waals surface area contributed by atoms with E-state index in [9.17, 15) is 19.2 Å². The highest BCUT2D eigenvalue weighted by atomic mass is 16.2. The summed E-state index contributed by atoms with van der Waals surface area (Å²) in [5.74, 6) is -0.818. The summed E-state index contributed by atoms with van der Waals surface area (Å²) < 4.78 is 0. The Balaban J connectivity index is 1.73. The van der Waals surface area contributed by atoms with Gasteiger partial charge < -0.3 is 4.90 Å². The Morgan fingerprint density at radius 2 is 1.83 bits per heavy atom. The number of nitrogens with zero attached hydrogens (tertiary/aromatic N) is 2. The van der Waals surface area contributed by atoms with Crippen molar-refractivity contribution in [3.05, 3.63) is 29.3 Å². The summed E-state index contributed by atoms with van der Waals surface area (Å²) in [4.78, 5) is 51.3. The van der Waals surface area contributed by atoms with Crippen molar-refractivity contribution >= 4 is 29.4 Å². The molecule has 0 radical (unpaired) electrons. The molecule has 0 saturated carbocycles. The molecule has 0 aromatic heterocycles. The van der Waals surface area contributed by atoms with Crippen LogP contribution in [0.4, 0.5) is 10.5 Å². The molecule has 3 aliphatic rings. The number of fused-ring (bicyclic) bond motifs is 2. The predicted octanol–water partition coefficient (Wildman–Crippen LogP) is 1.14. The molecular formula is C16H15N3O4. The monoisotopic (exact) mass is 313 g/mol. The molecular weight excluding hydrogens is 298 g/mol. The van der Waals surface area contributed by atoms with Crippen molar-refractivity contribution in [2.75, 3.05) is 11.4 Å². The Hall–Kier alpha value is -2.70. The number of urea groups is 1. The van der Waals surface area contributed by atoms with Gasteiger partial charge in [-0.2, -0.15) is 0 Å². The van der Waals surface area contributed by atoms with Gasteiger partial charge in [-0.25, -0.2) is 9.69 Å². The second-order valence-corrected chi connectivity index (χ2v) is 6.31. The molecule has 0 spiro atoms. The first-order valence-corrected chi connectivity index (χ1v) is 7.61. The van der Waals surface area contributed by atoms with Gasteiger partial charge in [0.1, 0.15) is 6.04 Å². The Bertz CT molecular complexity index is 773. The van der Waals surface area contributed by atoms with Crippen LogP contribution in [0.1, 0.15) is 40.5 Å². The van der Waals surface area contributed by atoms with Crippen molar-refractivity contribution in [2.24, 2.45) is 5.92 Å². The first-order valence-electron chi connectivity index (χ1n) is 7.61. The van der Waals surface area contributed by atoms with E-state index in [0.29, 0.717) is 24.6 Å². The molecule has 3 heterocycles. The quantitative estimate of drug-likeness (QED) is 0.622. The first-order chi connectivity index (χ1) is 11.0. The minimum Gasteiger partial charge on any atom is -0.312 e. The number of amides is 5. The van der Waals surface area contributed by atoms with Crippen LogP contribution in [-0.4, -0.2) is 41.2 Å². The lowest BCUT2D eigenvalue weighted by Gasteiger charge is -2.30. The SMILES string of the molecule is C[C@@H]1CCN2C(=O)N(c3ccc4c(c3)C(=O)NC4=O)C(=O)[C@@H]2C1. The van der Waals surface area contributed by atoms with E-state index < -0.39 is 17.9 Å². The number of nitrogens with one attached hydrogen (secondary N) is 1. The molecule has 5 amide bonds. The summed E-state index contributed by atoms with van der Waals surface area (Å²) >= 11 is 0. The van der Waals surface area contributed by atoms with Crippen LogP contribution in [0.2, 0.25) is 0 Å². The van der Waals surface area contributed by atoms with Gasteiger partial charge in [-0.1, -0.05) is 6.92 Å². The summed E-state index contributed by atoms with van der Waals surface area (Å²) in [6.07, 6.45) is 1.54. The number of hydrogen-bond donors (Lipinski definition) is 1. The van der Waals surface area contributed by atoms with Crippen molar-refractivity contribution in [3.63, 3.8) is 0 Å². The second kappa shape index (κ2) is 4.65. The van der Waals surface area contributed by atoms with Crippen molar-refractivity contribution in [1.29, 1.82) is 0 Å². The van der Waals surface area contributed by atoms with Gasteiger partial charge in [-0.3, -0.25) is 19.7 Å². The molecule has 1 aromatic rings. The Kier molecular flexibility index (Phi) is 2.81. The third-order valence-electron chi connectivity index (χ3n) is 4.78. The molecule has 1 aromatic carbocycles. The maximum absolute atomic E-state index is 12.6. The number of hydrogen-bond acceptors (Lipinski definition) is 4.